The Morgan fingerprint density at radius 3 is 2.23 bits per heavy atom. The lowest BCUT2D eigenvalue weighted by Gasteiger charge is -2.34. The smallest absolute Gasteiger partial charge is 0.317 e. The molecule has 0 atom stereocenters. The molecule has 2 aromatic carbocycles. The number of rotatable bonds is 6. The van der Waals surface area contributed by atoms with Crippen molar-refractivity contribution in [2.24, 2.45) is 0 Å². The molecule has 0 spiro atoms. The standard InChI is InChI=1S/C22H25N5O3S/c28-22(23-15-20-16-24-27(17-20)21-9-5-2-6-10-21)25-11-13-26(14-12-25)31(29,30)18-19-7-3-1-4-8-19/h1-10,16-17H,11-15,18H2,(H,23,28). The number of para-hydroxylation sites is 1. The molecule has 1 aromatic heterocycles. The Morgan fingerprint density at radius 2 is 1.55 bits per heavy atom. The zero-order valence-electron chi connectivity index (χ0n) is 17.1. The molecule has 31 heavy (non-hydrogen) atoms. The Morgan fingerprint density at radius 1 is 0.903 bits per heavy atom. The van der Waals surface area contributed by atoms with Crippen LogP contribution in [-0.2, 0) is 22.3 Å². The van der Waals surface area contributed by atoms with Gasteiger partial charge in [-0.15, -0.1) is 0 Å². The van der Waals surface area contributed by atoms with Gasteiger partial charge in [0.15, 0.2) is 0 Å². The fourth-order valence-electron chi connectivity index (χ4n) is 3.51. The van der Waals surface area contributed by atoms with Crippen LogP contribution in [0.1, 0.15) is 11.1 Å². The number of nitrogens with one attached hydrogen (secondary N) is 1. The third kappa shape index (κ3) is 5.31. The average Bonchev–Trinajstić information content (AvgIpc) is 3.28. The summed E-state index contributed by atoms with van der Waals surface area (Å²) >= 11 is 0. The molecule has 3 aromatic rings. The first-order chi connectivity index (χ1) is 15.0. The first-order valence-corrected chi connectivity index (χ1v) is 11.8. The van der Waals surface area contributed by atoms with Crippen molar-refractivity contribution in [1.82, 2.24) is 24.3 Å². The van der Waals surface area contributed by atoms with Gasteiger partial charge in [0, 0.05) is 44.5 Å². The molecular formula is C22H25N5O3S. The lowest BCUT2D eigenvalue weighted by molar-refractivity contribution is 0.172. The minimum atomic E-state index is -3.40. The summed E-state index contributed by atoms with van der Waals surface area (Å²) < 4.78 is 28.5. The summed E-state index contributed by atoms with van der Waals surface area (Å²) in [5.74, 6) is -0.0224. The Labute approximate surface area is 182 Å². The topological polar surface area (TPSA) is 87.5 Å². The summed E-state index contributed by atoms with van der Waals surface area (Å²) in [4.78, 5) is 14.2. The van der Waals surface area contributed by atoms with E-state index in [1.54, 1.807) is 27.9 Å². The maximum absolute atomic E-state index is 12.7. The molecule has 0 bridgehead atoms. The Hall–Kier alpha value is -3.17. The van der Waals surface area contributed by atoms with Gasteiger partial charge in [0.1, 0.15) is 0 Å². The lowest BCUT2D eigenvalue weighted by Crippen LogP contribution is -2.53. The fourth-order valence-corrected chi connectivity index (χ4v) is 5.02. The molecule has 2 amide bonds. The SMILES string of the molecule is O=C(NCc1cnn(-c2ccccc2)c1)N1CCN(S(=O)(=O)Cc2ccccc2)CC1. The minimum Gasteiger partial charge on any atom is -0.334 e. The third-order valence-electron chi connectivity index (χ3n) is 5.21. The molecule has 9 heteroatoms. The average molecular weight is 440 g/mol. The highest BCUT2D eigenvalue weighted by atomic mass is 32.2. The number of nitrogens with zero attached hydrogens (tertiary/aromatic N) is 4. The van der Waals surface area contributed by atoms with Gasteiger partial charge in [0.25, 0.3) is 0 Å². The van der Waals surface area contributed by atoms with Crippen molar-refractivity contribution in [3.63, 3.8) is 0 Å². The van der Waals surface area contributed by atoms with Crippen molar-refractivity contribution < 1.29 is 13.2 Å². The number of urea groups is 1. The largest absolute Gasteiger partial charge is 0.334 e. The zero-order chi connectivity index (χ0) is 21.7. The summed E-state index contributed by atoms with van der Waals surface area (Å²) in [5.41, 5.74) is 2.60. The van der Waals surface area contributed by atoms with Gasteiger partial charge in [-0.2, -0.15) is 9.40 Å². The van der Waals surface area contributed by atoms with Crippen LogP contribution in [0.25, 0.3) is 5.69 Å². The zero-order valence-corrected chi connectivity index (χ0v) is 17.9. The van der Waals surface area contributed by atoms with E-state index in [0.717, 1.165) is 16.8 Å². The molecule has 1 N–H and O–H groups in total. The van der Waals surface area contributed by atoms with Crippen molar-refractivity contribution in [3.8, 4) is 5.69 Å². The fraction of sp³-hybridized carbons (Fsp3) is 0.273. The van der Waals surface area contributed by atoms with Gasteiger partial charge in [-0.1, -0.05) is 48.5 Å². The predicted octanol–water partition coefficient (Wildman–Crippen LogP) is 2.23. The molecule has 1 aliphatic rings. The first kappa shape index (κ1) is 21.1. The van der Waals surface area contributed by atoms with Crippen molar-refractivity contribution in [1.29, 1.82) is 0 Å². The second kappa shape index (κ2) is 9.32. The molecular weight excluding hydrogens is 414 g/mol. The van der Waals surface area contributed by atoms with Gasteiger partial charge in [0.05, 0.1) is 17.6 Å². The number of aromatic nitrogens is 2. The van der Waals surface area contributed by atoms with Crippen LogP contribution in [0, 0.1) is 0 Å². The summed E-state index contributed by atoms with van der Waals surface area (Å²) in [6.07, 6.45) is 3.60. The van der Waals surface area contributed by atoms with Gasteiger partial charge < -0.3 is 10.2 Å². The normalized spacial score (nSPS) is 15.0. The summed E-state index contributed by atoms with van der Waals surface area (Å²) in [5, 5.41) is 7.22. The number of amides is 2. The van der Waals surface area contributed by atoms with E-state index >= 15 is 0 Å². The molecule has 0 saturated carbocycles. The lowest BCUT2D eigenvalue weighted by atomic mass is 10.2. The maximum Gasteiger partial charge on any atom is 0.317 e. The van der Waals surface area contributed by atoms with Gasteiger partial charge in [-0.05, 0) is 17.7 Å². The number of sulfonamides is 1. The van der Waals surface area contributed by atoms with Crippen molar-refractivity contribution in [2.45, 2.75) is 12.3 Å². The number of carbonyl (C=O) groups excluding carboxylic acids is 1. The Kier molecular flexibility index (Phi) is 6.34. The van der Waals surface area contributed by atoms with Crippen LogP contribution < -0.4 is 5.32 Å². The quantitative estimate of drug-likeness (QED) is 0.638. The third-order valence-corrected chi connectivity index (χ3v) is 7.06. The number of carbonyl (C=O) groups is 1. The van der Waals surface area contributed by atoms with Gasteiger partial charge in [-0.3, -0.25) is 0 Å². The highest BCUT2D eigenvalue weighted by molar-refractivity contribution is 7.88. The molecule has 0 unspecified atom stereocenters. The molecule has 0 aliphatic carbocycles. The van der Waals surface area contributed by atoms with Crippen LogP contribution in [0.4, 0.5) is 4.79 Å². The molecule has 162 valence electrons. The van der Waals surface area contributed by atoms with E-state index in [-0.39, 0.29) is 11.8 Å². The molecule has 8 nitrogen and oxygen atoms in total. The molecule has 2 heterocycles. The van der Waals surface area contributed by atoms with E-state index < -0.39 is 10.0 Å². The molecule has 1 saturated heterocycles. The number of hydrogen-bond donors (Lipinski definition) is 1. The summed E-state index contributed by atoms with van der Waals surface area (Å²) in [7, 11) is -3.40. The van der Waals surface area contributed by atoms with Crippen LogP contribution in [0.5, 0.6) is 0 Å². The Bertz CT molecular complexity index is 1110. The molecule has 0 radical (unpaired) electrons. The molecule has 4 rings (SSSR count). The van der Waals surface area contributed by atoms with Crippen LogP contribution >= 0.6 is 0 Å². The van der Waals surface area contributed by atoms with Gasteiger partial charge in [0.2, 0.25) is 10.0 Å². The number of hydrogen-bond acceptors (Lipinski definition) is 4. The predicted molar refractivity (Wildman–Crippen MR) is 118 cm³/mol. The van der Waals surface area contributed by atoms with Crippen LogP contribution in [0.15, 0.2) is 73.1 Å². The van der Waals surface area contributed by atoms with Gasteiger partial charge in [-0.25, -0.2) is 17.9 Å². The summed E-state index contributed by atoms with van der Waals surface area (Å²) in [6.45, 7) is 1.69. The van der Waals surface area contributed by atoms with Gasteiger partial charge >= 0.3 is 6.03 Å². The number of piperazine rings is 1. The highest BCUT2D eigenvalue weighted by Gasteiger charge is 2.28. The number of benzene rings is 2. The van der Waals surface area contributed by atoms with E-state index in [9.17, 15) is 13.2 Å². The van der Waals surface area contributed by atoms with Crippen LogP contribution in [0.3, 0.4) is 0 Å². The van der Waals surface area contributed by atoms with E-state index in [1.165, 1.54) is 4.31 Å². The highest BCUT2D eigenvalue weighted by Crippen LogP contribution is 2.14. The monoisotopic (exact) mass is 439 g/mol. The van der Waals surface area contributed by atoms with Crippen molar-refractivity contribution >= 4 is 16.1 Å². The second-order valence-electron chi connectivity index (χ2n) is 7.42. The van der Waals surface area contributed by atoms with Crippen molar-refractivity contribution in [3.05, 3.63) is 84.2 Å². The summed E-state index contributed by atoms with van der Waals surface area (Å²) in [6, 6.07) is 18.7. The van der Waals surface area contributed by atoms with E-state index in [0.29, 0.717) is 32.7 Å². The van der Waals surface area contributed by atoms with Crippen LogP contribution in [-0.4, -0.2) is 59.6 Å². The minimum absolute atomic E-state index is 0.0224. The second-order valence-corrected chi connectivity index (χ2v) is 9.38. The van der Waals surface area contributed by atoms with Crippen molar-refractivity contribution in [2.75, 3.05) is 26.2 Å². The maximum atomic E-state index is 12.7. The van der Waals surface area contributed by atoms with E-state index in [2.05, 4.69) is 10.4 Å². The molecule has 1 aliphatic heterocycles. The first-order valence-electron chi connectivity index (χ1n) is 10.1. The van der Waals surface area contributed by atoms with Crippen LogP contribution in [0.2, 0.25) is 0 Å². The Balaban J connectivity index is 1.26. The van der Waals surface area contributed by atoms with E-state index in [4.69, 9.17) is 0 Å². The van der Waals surface area contributed by atoms with E-state index in [1.807, 2.05) is 54.7 Å². The molecule has 1 fully saturated rings.